The third-order valence-corrected chi connectivity index (χ3v) is 5.21. The molecule has 0 radical (unpaired) electrons. The largest absolute Gasteiger partial charge is 0.252 e. The predicted octanol–water partition coefficient (Wildman–Crippen LogP) is 2.27. The molecule has 2 heteroatoms. The van der Waals surface area contributed by atoms with E-state index in [4.69, 9.17) is 0 Å². The summed E-state index contributed by atoms with van der Waals surface area (Å²) in [6, 6.07) is 0.686. The minimum atomic E-state index is 0.502. The van der Waals surface area contributed by atoms with Crippen LogP contribution in [0.5, 0.6) is 0 Å². The van der Waals surface area contributed by atoms with E-state index in [0.29, 0.717) is 16.9 Å². The Balaban J connectivity index is 2.19. The average Bonchev–Trinajstić information content (AvgIpc) is 2.35. The van der Waals surface area contributed by atoms with E-state index in [-0.39, 0.29) is 0 Å². The first-order valence-electron chi connectivity index (χ1n) is 5.81. The molecule has 2 saturated carbocycles. The van der Waals surface area contributed by atoms with E-state index in [1.54, 1.807) is 0 Å². The molecule has 0 heterocycles. The summed E-state index contributed by atoms with van der Waals surface area (Å²) >= 11 is 0. The molecular weight excluding hydrogens is 172 g/mol. The lowest BCUT2D eigenvalue weighted by atomic mass is 9.69. The number of hydrogen-bond donors (Lipinski definition) is 1. The summed E-state index contributed by atoms with van der Waals surface area (Å²) in [6.45, 7) is 7.39. The van der Waals surface area contributed by atoms with Gasteiger partial charge in [0.05, 0.1) is 0 Å². The zero-order chi connectivity index (χ0) is 10.6. The molecule has 0 aromatic heterocycles. The number of nitrogens with zero attached hydrogens (tertiary/aromatic N) is 1. The topological polar surface area (TPSA) is 15.3 Å². The van der Waals surface area contributed by atoms with Gasteiger partial charge < -0.3 is 0 Å². The van der Waals surface area contributed by atoms with Crippen molar-refractivity contribution in [2.45, 2.75) is 46.1 Å². The van der Waals surface area contributed by atoms with Crippen LogP contribution in [-0.2, 0) is 0 Å². The zero-order valence-corrected chi connectivity index (χ0v) is 10.2. The lowest BCUT2D eigenvalue weighted by molar-refractivity contribution is 0.0836. The Kier molecular flexibility index (Phi) is 2.20. The molecule has 0 spiro atoms. The summed E-state index contributed by atoms with van der Waals surface area (Å²) in [4.78, 5) is 0. The molecule has 2 nitrogen and oxygen atoms in total. The Hall–Kier alpha value is -0.0800. The van der Waals surface area contributed by atoms with Gasteiger partial charge >= 0.3 is 0 Å². The fourth-order valence-electron chi connectivity index (χ4n) is 3.71. The SMILES string of the molecule is CN(C)NC1CC2CCC1(C)C2(C)C. The van der Waals surface area contributed by atoms with E-state index >= 15 is 0 Å². The fraction of sp³-hybridized carbons (Fsp3) is 1.00. The van der Waals surface area contributed by atoms with Gasteiger partial charge in [0.2, 0.25) is 0 Å². The molecule has 2 fully saturated rings. The van der Waals surface area contributed by atoms with Crippen molar-refractivity contribution in [1.82, 2.24) is 10.4 Å². The first-order chi connectivity index (χ1) is 6.38. The number of hydrogen-bond acceptors (Lipinski definition) is 2. The Bertz CT molecular complexity index is 234. The summed E-state index contributed by atoms with van der Waals surface area (Å²) in [5.74, 6) is 0.935. The predicted molar refractivity (Wildman–Crippen MR) is 59.8 cm³/mol. The van der Waals surface area contributed by atoms with Crippen molar-refractivity contribution in [1.29, 1.82) is 0 Å². The second kappa shape index (κ2) is 2.96. The number of nitrogens with one attached hydrogen (secondary N) is 1. The summed E-state index contributed by atoms with van der Waals surface area (Å²) in [5, 5.41) is 2.12. The van der Waals surface area contributed by atoms with Gasteiger partial charge in [-0.1, -0.05) is 20.8 Å². The van der Waals surface area contributed by atoms with Crippen molar-refractivity contribution in [2.75, 3.05) is 14.1 Å². The highest BCUT2D eigenvalue weighted by molar-refractivity contribution is 5.12. The van der Waals surface area contributed by atoms with Crippen LogP contribution in [-0.4, -0.2) is 25.1 Å². The molecule has 2 aliphatic carbocycles. The standard InChI is InChI=1S/C12H24N2/c1-11(2)9-6-7-12(11,3)10(8-9)13-14(4)5/h9-10,13H,6-8H2,1-5H3. The summed E-state index contributed by atoms with van der Waals surface area (Å²) in [5.41, 5.74) is 4.63. The van der Waals surface area contributed by atoms with Gasteiger partial charge in [-0.05, 0) is 36.0 Å². The normalized spacial score (nSPS) is 45.0. The van der Waals surface area contributed by atoms with Crippen LogP contribution in [0.1, 0.15) is 40.0 Å². The van der Waals surface area contributed by atoms with Crippen molar-refractivity contribution >= 4 is 0 Å². The molecule has 0 aromatic rings. The van der Waals surface area contributed by atoms with E-state index in [1.165, 1.54) is 19.3 Å². The van der Waals surface area contributed by atoms with Crippen LogP contribution in [0.15, 0.2) is 0 Å². The second-order valence-electron chi connectivity index (χ2n) is 6.19. The highest BCUT2D eigenvalue weighted by Crippen LogP contribution is 2.65. The Morgan fingerprint density at radius 1 is 1.21 bits per heavy atom. The van der Waals surface area contributed by atoms with Crippen molar-refractivity contribution in [3.63, 3.8) is 0 Å². The van der Waals surface area contributed by atoms with Gasteiger partial charge in [-0.25, -0.2) is 0 Å². The van der Waals surface area contributed by atoms with Crippen LogP contribution in [0.2, 0.25) is 0 Å². The van der Waals surface area contributed by atoms with Gasteiger partial charge in [-0.2, -0.15) is 0 Å². The number of rotatable bonds is 2. The van der Waals surface area contributed by atoms with Crippen molar-refractivity contribution in [3.05, 3.63) is 0 Å². The second-order valence-corrected chi connectivity index (χ2v) is 6.19. The third-order valence-electron chi connectivity index (χ3n) is 5.21. The smallest absolute Gasteiger partial charge is 0.0276 e. The van der Waals surface area contributed by atoms with Crippen molar-refractivity contribution in [2.24, 2.45) is 16.7 Å². The van der Waals surface area contributed by atoms with E-state index in [2.05, 4.69) is 45.3 Å². The molecule has 2 aliphatic rings. The van der Waals surface area contributed by atoms with Crippen LogP contribution in [0.3, 0.4) is 0 Å². The van der Waals surface area contributed by atoms with Crippen LogP contribution in [0, 0.1) is 16.7 Å². The van der Waals surface area contributed by atoms with E-state index in [0.717, 1.165) is 5.92 Å². The lowest BCUT2D eigenvalue weighted by Crippen LogP contribution is -2.49. The van der Waals surface area contributed by atoms with Gasteiger partial charge in [0, 0.05) is 20.1 Å². The summed E-state index contributed by atoms with van der Waals surface area (Å²) in [6.07, 6.45) is 4.20. The van der Waals surface area contributed by atoms with Crippen LogP contribution >= 0.6 is 0 Å². The molecule has 3 unspecified atom stereocenters. The molecule has 0 aromatic carbocycles. The molecule has 2 rings (SSSR count). The van der Waals surface area contributed by atoms with Gasteiger partial charge in [-0.15, -0.1) is 0 Å². The third kappa shape index (κ3) is 1.17. The Morgan fingerprint density at radius 2 is 1.86 bits per heavy atom. The molecule has 0 amide bonds. The minimum absolute atomic E-state index is 0.502. The van der Waals surface area contributed by atoms with Gasteiger partial charge in [-0.3, -0.25) is 10.4 Å². The molecule has 14 heavy (non-hydrogen) atoms. The van der Waals surface area contributed by atoms with Gasteiger partial charge in [0.1, 0.15) is 0 Å². The van der Waals surface area contributed by atoms with Crippen molar-refractivity contribution in [3.8, 4) is 0 Å². The first-order valence-corrected chi connectivity index (χ1v) is 5.81. The summed E-state index contributed by atoms with van der Waals surface area (Å²) in [7, 11) is 4.20. The molecule has 82 valence electrons. The highest BCUT2D eigenvalue weighted by Gasteiger charge is 2.61. The maximum atomic E-state index is 3.60. The van der Waals surface area contributed by atoms with Crippen LogP contribution in [0.25, 0.3) is 0 Å². The Morgan fingerprint density at radius 3 is 2.21 bits per heavy atom. The average molecular weight is 196 g/mol. The number of fused-ring (bicyclic) bond motifs is 2. The van der Waals surface area contributed by atoms with E-state index < -0.39 is 0 Å². The quantitative estimate of drug-likeness (QED) is 0.682. The summed E-state index contributed by atoms with van der Waals surface area (Å²) < 4.78 is 0. The van der Waals surface area contributed by atoms with Crippen molar-refractivity contribution < 1.29 is 0 Å². The van der Waals surface area contributed by atoms with E-state index in [9.17, 15) is 0 Å². The maximum Gasteiger partial charge on any atom is 0.0276 e. The number of hydrazine groups is 1. The molecule has 3 atom stereocenters. The highest BCUT2D eigenvalue weighted by atomic mass is 15.5. The van der Waals surface area contributed by atoms with Gasteiger partial charge in [0.15, 0.2) is 0 Å². The Labute approximate surface area is 88.0 Å². The minimum Gasteiger partial charge on any atom is -0.252 e. The van der Waals surface area contributed by atoms with Crippen LogP contribution < -0.4 is 5.43 Å². The monoisotopic (exact) mass is 196 g/mol. The molecular formula is C12H24N2. The zero-order valence-electron chi connectivity index (χ0n) is 10.2. The molecule has 1 N–H and O–H groups in total. The molecule has 2 bridgehead atoms. The molecule has 0 aliphatic heterocycles. The van der Waals surface area contributed by atoms with Crippen LogP contribution in [0.4, 0.5) is 0 Å². The van der Waals surface area contributed by atoms with E-state index in [1.807, 2.05) is 0 Å². The fourth-order valence-corrected chi connectivity index (χ4v) is 3.71. The first kappa shape index (κ1) is 10.4. The molecule has 0 saturated heterocycles. The maximum absolute atomic E-state index is 3.60. The van der Waals surface area contributed by atoms with Gasteiger partial charge in [0.25, 0.3) is 0 Å². The lowest BCUT2D eigenvalue weighted by Gasteiger charge is -2.40.